The molecule has 100 valence electrons. The van der Waals surface area contributed by atoms with Crippen LogP contribution < -0.4 is 4.74 Å². The molecular weight excluding hydrogens is 375 g/mol. The standard InChI is InChI=1S/C15H13Br2FO/c1-19-14-4-2-10(3-5-14)6-15(17)11-7-12(16)9-13(18)8-11/h2-5,7-9,15H,6H2,1H3. The molecule has 1 unspecified atom stereocenters. The van der Waals surface area contributed by atoms with Crippen molar-refractivity contribution in [1.82, 2.24) is 0 Å². The highest BCUT2D eigenvalue weighted by Crippen LogP contribution is 2.30. The Labute approximate surface area is 129 Å². The lowest BCUT2D eigenvalue weighted by Crippen LogP contribution is -1.96. The zero-order chi connectivity index (χ0) is 13.8. The van der Waals surface area contributed by atoms with E-state index in [0.717, 1.165) is 22.2 Å². The van der Waals surface area contributed by atoms with Crippen LogP contribution in [0.4, 0.5) is 4.39 Å². The Morgan fingerprint density at radius 1 is 1.16 bits per heavy atom. The molecule has 4 heteroatoms. The lowest BCUT2D eigenvalue weighted by molar-refractivity contribution is 0.414. The van der Waals surface area contributed by atoms with Crippen LogP contribution in [0, 0.1) is 5.82 Å². The second-order valence-electron chi connectivity index (χ2n) is 4.22. The number of benzene rings is 2. The first-order valence-electron chi connectivity index (χ1n) is 5.81. The SMILES string of the molecule is COc1ccc(CC(Br)c2cc(F)cc(Br)c2)cc1. The van der Waals surface area contributed by atoms with Crippen LogP contribution in [0.5, 0.6) is 5.75 Å². The van der Waals surface area contributed by atoms with Gasteiger partial charge in [0.05, 0.1) is 7.11 Å². The number of ether oxygens (including phenoxy) is 1. The van der Waals surface area contributed by atoms with Gasteiger partial charge in [-0.1, -0.05) is 44.0 Å². The summed E-state index contributed by atoms with van der Waals surface area (Å²) in [5.41, 5.74) is 2.09. The second-order valence-corrected chi connectivity index (χ2v) is 6.24. The zero-order valence-corrected chi connectivity index (χ0v) is 13.5. The Bertz CT molecular complexity index is 534. The van der Waals surface area contributed by atoms with Crippen LogP contribution in [0.1, 0.15) is 16.0 Å². The van der Waals surface area contributed by atoms with Crippen molar-refractivity contribution in [3.63, 3.8) is 0 Å². The maximum absolute atomic E-state index is 13.4. The maximum Gasteiger partial charge on any atom is 0.124 e. The maximum atomic E-state index is 13.4. The van der Waals surface area contributed by atoms with Gasteiger partial charge in [-0.2, -0.15) is 0 Å². The van der Waals surface area contributed by atoms with Gasteiger partial charge in [-0.25, -0.2) is 4.39 Å². The normalized spacial score (nSPS) is 12.2. The molecule has 0 heterocycles. The highest BCUT2D eigenvalue weighted by Gasteiger charge is 2.10. The molecule has 2 rings (SSSR count). The average molecular weight is 388 g/mol. The quantitative estimate of drug-likeness (QED) is 0.649. The largest absolute Gasteiger partial charge is 0.497 e. The van der Waals surface area contributed by atoms with Crippen LogP contribution in [0.15, 0.2) is 46.9 Å². The third-order valence-corrected chi connectivity index (χ3v) is 4.13. The van der Waals surface area contributed by atoms with Gasteiger partial charge in [-0.15, -0.1) is 0 Å². The number of hydrogen-bond acceptors (Lipinski definition) is 1. The number of methoxy groups -OCH3 is 1. The smallest absolute Gasteiger partial charge is 0.124 e. The molecule has 0 aliphatic rings. The average Bonchev–Trinajstić information content (AvgIpc) is 2.38. The van der Waals surface area contributed by atoms with Crippen LogP contribution >= 0.6 is 31.9 Å². The summed E-state index contributed by atoms with van der Waals surface area (Å²) in [5.74, 6) is 0.604. The van der Waals surface area contributed by atoms with E-state index < -0.39 is 0 Å². The molecule has 19 heavy (non-hydrogen) atoms. The molecule has 0 fully saturated rings. The molecule has 0 aliphatic carbocycles. The van der Waals surface area contributed by atoms with E-state index in [1.165, 1.54) is 11.6 Å². The van der Waals surface area contributed by atoms with Gasteiger partial charge >= 0.3 is 0 Å². The van der Waals surface area contributed by atoms with Gasteiger partial charge in [0.1, 0.15) is 11.6 Å². The van der Waals surface area contributed by atoms with Crippen molar-refractivity contribution >= 4 is 31.9 Å². The molecule has 0 radical (unpaired) electrons. The molecule has 0 aliphatic heterocycles. The summed E-state index contributed by atoms with van der Waals surface area (Å²) in [5, 5.41) is 0. The minimum atomic E-state index is -0.233. The Kier molecular flexibility index (Phi) is 4.99. The van der Waals surface area contributed by atoms with Crippen molar-refractivity contribution in [3.8, 4) is 5.75 Å². The third-order valence-electron chi connectivity index (χ3n) is 2.82. The zero-order valence-electron chi connectivity index (χ0n) is 10.4. The van der Waals surface area contributed by atoms with Crippen LogP contribution in [-0.4, -0.2) is 7.11 Å². The van der Waals surface area contributed by atoms with Gasteiger partial charge in [-0.05, 0) is 47.9 Å². The number of alkyl halides is 1. The molecule has 1 nitrogen and oxygen atoms in total. The number of hydrogen-bond donors (Lipinski definition) is 0. The molecule has 2 aromatic rings. The van der Waals surface area contributed by atoms with Gasteiger partial charge in [0.25, 0.3) is 0 Å². The van der Waals surface area contributed by atoms with E-state index >= 15 is 0 Å². The lowest BCUT2D eigenvalue weighted by atomic mass is 10.0. The Morgan fingerprint density at radius 3 is 2.42 bits per heavy atom. The first kappa shape index (κ1) is 14.5. The van der Waals surface area contributed by atoms with Gasteiger partial charge in [0.15, 0.2) is 0 Å². The first-order chi connectivity index (χ1) is 9.08. The van der Waals surface area contributed by atoms with E-state index in [-0.39, 0.29) is 10.6 Å². The molecule has 0 aromatic heterocycles. The monoisotopic (exact) mass is 386 g/mol. The molecule has 0 saturated carbocycles. The minimum Gasteiger partial charge on any atom is -0.497 e. The fraction of sp³-hybridized carbons (Fsp3) is 0.200. The predicted octanol–water partition coefficient (Wildman–Crippen LogP) is 5.28. The van der Waals surface area contributed by atoms with Crippen molar-refractivity contribution in [3.05, 3.63) is 63.9 Å². The summed E-state index contributed by atoms with van der Waals surface area (Å²) in [6, 6.07) is 12.8. The first-order valence-corrected chi connectivity index (χ1v) is 7.52. The van der Waals surface area contributed by atoms with E-state index in [1.807, 2.05) is 30.3 Å². The fourth-order valence-electron chi connectivity index (χ4n) is 1.84. The molecule has 0 saturated heterocycles. The molecule has 0 spiro atoms. The third kappa shape index (κ3) is 4.05. The number of rotatable bonds is 4. The van der Waals surface area contributed by atoms with Crippen LogP contribution in [0.2, 0.25) is 0 Å². The predicted molar refractivity (Wildman–Crippen MR) is 82.5 cm³/mol. The fourth-order valence-corrected chi connectivity index (χ4v) is 2.96. The summed E-state index contributed by atoms with van der Waals surface area (Å²) in [7, 11) is 1.65. The van der Waals surface area contributed by atoms with E-state index in [1.54, 1.807) is 13.2 Å². The van der Waals surface area contributed by atoms with Crippen molar-refractivity contribution in [2.75, 3.05) is 7.11 Å². The van der Waals surface area contributed by atoms with Crippen LogP contribution in [0.3, 0.4) is 0 Å². The van der Waals surface area contributed by atoms with E-state index in [4.69, 9.17) is 4.74 Å². The van der Waals surface area contributed by atoms with Gasteiger partial charge in [0, 0.05) is 9.30 Å². The summed E-state index contributed by atoms with van der Waals surface area (Å²) in [6.45, 7) is 0. The Morgan fingerprint density at radius 2 is 1.84 bits per heavy atom. The van der Waals surface area contributed by atoms with Crippen molar-refractivity contribution in [2.24, 2.45) is 0 Å². The van der Waals surface area contributed by atoms with E-state index in [0.29, 0.717) is 0 Å². The summed E-state index contributed by atoms with van der Waals surface area (Å²) >= 11 is 6.92. The summed E-state index contributed by atoms with van der Waals surface area (Å²) < 4.78 is 19.2. The molecule has 0 bridgehead atoms. The summed E-state index contributed by atoms with van der Waals surface area (Å²) in [4.78, 5) is 0.0768. The topological polar surface area (TPSA) is 9.23 Å². The van der Waals surface area contributed by atoms with Crippen LogP contribution in [0.25, 0.3) is 0 Å². The molecule has 2 aromatic carbocycles. The molecule has 0 amide bonds. The minimum absolute atomic E-state index is 0.0768. The molecule has 0 N–H and O–H groups in total. The van der Waals surface area contributed by atoms with Crippen molar-refractivity contribution in [2.45, 2.75) is 11.2 Å². The van der Waals surface area contributed by atoms with Crippen LogP contribution in [-0.2, 0) is 6.42 Å². The van der Waals surface area contributed by atoms with E-state index in [2.05, 4.69) is 31.9 Å². The Balaban J connectivity index is 2.13. The molecule has 1 atom stereocenters. The van der Waals surface area contributed by atoms with Crippen molar-refractivity contribution < 1.29 is 9.13 Å². The number of halogens is 3. The van der Waals surface area contributed by atoms with Gasteiger partial charge < -0.3 is 4.74 Å². The van der Waals surface area contributed by atoms with E-state index in [9.17, 15) is 4.39 Å². The highest BCUT2D eigenvalue weighted by atomic mass is 79.9. The van der Waals surface area contributed by atoms with Crippen molar-refractivity contribution in [1.29, 1.82) is 0 Å². The van der Waals surface area contributed by atoms with Gasteiger partial charge in [0.2, 0.25) is 0 Å². The second kappa shape index (κ2) is 6.53. The summed E-state index contributed by atoms with van der Waals surface area (Å²) in [6.07, 6.45) is 0.792. The highest BCUT2D eigenvalue weighted by molar-refractivity contribution is 9.10. The van der Waals surface area contributed by atoms with Gasteiger partial charge in [-0.3, -0.25) is 0 Å². The molecular formula is C15H13Br2FO. The lowest BCUT2D eigenvalue weighted by Gasteiger charge is -2.11. The Hall–Kier alpha value is -0.870.